The summed E-state index contributed by atoms with van der Waals surface area (Å²) < 4.78 is 3.67. The summed E-state index contributed by atoms with van der Waals surface area (Å²) in [4.78, 5) is 17.1. The lowest BCUT2D eigenvalue weighted by atomic mass is 9.86. The van der Waals surface area contributed by atoms with Crippen LogP contribution in [0.2, 0.25) is 0 Å². The van der Waals surface area contributed by atoms with Crippen molar-refractivity contribution in [3.05, 3.63) is 124 Å². The molecule has 2 aromatic heterocycles. The van der Waals surface area contributed by atoms with Crippen molar-refractivity contribution in [3.8, 4) is 29.5 Å². The Kier molecular flexibility index (Phi) is 5.53. The fraction of sp³-hybridized carbons (Fsp3) is 0.100. The van der Waals surface area contributed by atoms with Crippen LogP contribution >= 0.6 is 0 Å². The lowest BCUT2D eigenvalue weighted by molar-refractivity contribution is 0.793. The number of hydrogen-bond donors (Lipinski definition) is 0. The minimum atomic E-state index is -0.109. The molecular formula is C30H22N4O. The minimum absolute atomic E-state index is 0.0818. The third-order valence-corrected chi connectivity index (χ3v) is 6.47. The summed E-state index contributed by atoms with van der Waals surface area (Å²) in [5.41, 5.74) is 7.00. The number of imidazole rings is 1. The van der Waals surface area contributed by atoms with E-state index in [1.807, 2.05) is 72.4 Å². The third-order valence-electron chi connectivity index (χ3n) is 6.47. The molecule has 2 heterocycles. The van der Waals surface area contributed by atoms with Crippen LogP contribution < -0.4 is 5.56 Å². The number of benzene rings is 3. The fourth-order valence-electron chi connectivity index (χ4n) is 4.60. The molecule has 5 rings (SSSR count). The number of hydrogen-bond acceptors (Lipinski definition) is 3. The van der Waals surface area contributed by atoms with Gasteiger partial charge in [-0.25, -0.2) is 4.98 Å². The van der Waals surface area contributed by atoms with Gasteiger partial charge in [-0.15, -0.1) is 6.42 Å². The van der Waals surface area contributed by atoms with E-state index >= 15 is 0 Å². The van der Waals surface area contributed by atoms with Gasteiger partial charge in [0.1, 0.15) is 0 Å². The van der Waals surface area contributed by atoms with Gasteiger partial charge in [0.05, 0.1) is 29.4 Å². The molecule has 0 N–H and O–H groups in total. The van der Waals surface area contributed by atoms with E-state index in [1.54, 1.807) is 24.0 Å². The Balaban J connectivity index is 1.78. The summed E-state index contributed by atoms with van der Waals surface area (Å²) >= 11 is 0. The van der Waals surface area contributed by atoms with E-state index in [1.165, 1.54) is 0 Å². The van der Waals surface area contributed by atoms with E-state index in [0.29, 0.717) is 5.56 Å². The van der Waals surface area contributed by atoms with Gasteiger partial charge in [0.25, 0.3) is 5.56 Å². The Morgan fingerprint density at radius 3 is 2.40 bits per heavy atom. The number of fused-ring (bicyclic) bond motifs is 1. The predicted molar refractivity (Wildman–Crippen MR) is 138 cm³/mol. The Bertz CT molecular complexity index is 1710. The van der Waals surface area contributed by atoms with Crippen molar-refractivity contribution in [3.63, 3.8) is 0 Å². The maximum atomic E-state index is 12.8. The van der Waals surface area contributed by atoms with Crippen molar-refractivity contribution < 1.29 is 0 Å². The van der Waals surface area contributed by atoms with Gasteiger partial charge in [0.15, 0.2) is 0 Å². The monoisotopic (exact) mass is 454 g/mol. The van der Waals surface area contributed by atoms with Crippen molar-refractivity contribution in [1.29, 1.82) is 5.26 Å². The predicted octanol–water partition coefficient (Wildman–Crippen LogP) is 4.97. The van der Waals surface area contributed by atoms with Crippen LogP contribution in [-0.2, 0) is 14.1 Å². The first-order chi connectivity index (χ1) is 17.0. The van der Waals surface area contributed by atoms with Crippen LogP contribution in [0.3, 0.4) is 0 Å². The standard InChI is InChI=1S/C30H22N4O/c1-4-20-6-5-7-23(14-20)25-16-29(35)34(3)27-13-12-24(15-26(25)27)30(28-18-32-19-33(28)2)22-10-8-21(17-31)9-11-22/h1,5-16,18-19,30H,2-3H3/t30-/m0/s1. The molecule has 0 aliphatic carbocycles. The van der Waals surface area contributed by atoms with E-state index in [4.69, 9.17) is 6.42 Å². The van der Waals surface area contributed by atoms with E-state index in [2.05, 4.69) is 29.1 Å². The number of nitrogens with zero attached hydrogens (tertiary/aromatic N) is 4. The van der Waals surface area contributed by atoms with Gasteiger partial charge in [-0.05, 0) is 58.7 Å². The molecular weight excluding hydrogens is 432 g/mol. The normalized spacial score (nSPS) is 11.7. The zero-order valence-electron chi connectivity index (χ0n) is 19.4. The largest absolute Gasteiger partial charge is 0.337 e. The molecule has 5 aromatic rings. The molecule has 0 radical (unpaired) electrons. The molecule has 0 bridgehead atoms. The average Bonchev–Trinajstić information content (AvgIpc) is 3.32. The molecule has 0 aliphatic rings. The Hall–Kier alpha value is -4.87. The van der Waals surface area contributed by atoms with Crippen molar-refractivity contribution in [2.24, 2.45) is 14.1 Å². The zero-order chi connectivity index (χ0) is 24.5. The molecule has 5 heteroatoms. The van der Waals surface area contributed by atoms with Crippen molar-refractivity contribution in [2.75, 3.05) is 0 Å². The topological polar surface area (TPSA) is 63.6 Å². The number of aromatic nitrogens is 3. The van der Waals surface area contributed by atoms with Crippen LogP contribution in [0.15, 0.2) is 90.1 Å². The number of rotatable bonds is 4. The summed E-state index contributed by atoms with van der Waals surface area (Å²) in [5.74, 6) is 2.57. The van der Waals surface area contributed by atoms with Gasteiger partial charge in [-0.3, -0.25) is 4.79 Å². The van der Waals surface area contributed by atoms with Crippen molar-refractivity contribution in [1.82, 2.24) is 14.1 Å². The first-order valence-corrected chi connectivity index (χ1v) is 11.2. The molecule has 0 unspecified atom stereocenters. The molecule has 35 heavy (non-hydrogen) atoms. The zero-order valence-corrected chi connectivity index (χ0v) is 19.4. The van der Waals surface area contributed by atoms with Crippen molar-refractivity contribution in [2.45, 2.75) is 5.92 Å². The number of terminal acetylenes is 1. The van der Waals surface area contributed by atoms with Crippen LogP contribution in [0.5, 0.6) is 0 Å². The number of aryl methyl sites for hydroxylation is 2. The molecule has 1 atom stereocenters. The maximum Gasteiger partial charge on any atom is 0.251 e. The van der Waals surface area contributed by atoms with Gasteiger partial charge in [0.2, 0.25) is 0 Å². The summed E-state index contributed by atoms with van der Waals surface area (Å²) in [6.07, 6.45) is 9.29. The Labute approximate surface area is 203 Å². The fourth-order valence-corrected chi connectivity index (χ4v) is 4.60. The third kappa shape index (κ3) is 3.90. The highest BCUT2D eigenvalue weighted by molar-refractivity contribution is 5.95. The van der Waals surface area contributed by atoms with Crippen molar-refractivity contribution >= 4 is 10.9 Å². The van der Waals surface area contributed by atoms with E-state index in [0.717, 1.165) is 44.4 Å². The highest BCUT2D eigenvalue weighted by atomic mass is 16.1. The molecule has 5 nitrogen and oxygen atoms in total. The first kappa shape index (κ1) is 21.9. The second-order valence-corrected chi connectivity index (χ2v) is 8.55. The quantitative estimate of drug-likeness (QED) is 0.360. The van der Waals surface area contributed by atoms with Crippen LogP contribution in [0, 0.1) is 23.7 Å². The summed E-state index contributed by atoms with van der Waals surface area (Å²) in [7, 11) is 3.76. The number of nitriles is 1. The minimum Gasteiger partial charge on any atom is -0.337 e. The number of pyridine rings is 1. The van der Waals surface area contributed by atoms with E-state index in [-0.39, 0.29) is 11.5 Å². The Morgan fingerprint density at radius 2 is 1.71 bits per heavy atom. The molecule has 0 fully saturated rings. The summed E-state index contributed by atoms with van der Waals surface area (Å²) in [5, 5.41) is 10.2. The van der Waals surface area contributed by atoms with E-state index in [9.17, 15) is 10.1 Å². The molecule has 0 saturated heterocycles. The first-order valence-electron chi connectivity index (χ1n) is 11.2. The maximum absolute atomic E-state index is 12.8. The second kappa shape index (κ2) is 8.82. The van der Waals surface area contributed by atoms with Gasteiger partial charge in [-0.2, -0.15) is 5.26 Å². The van der Waals surface area contributed by atoms with Gasteiger partial charge >= 0.3 is 0 Å². The highest BCUT2D eigenvalue weighted by Gasteiger charge is 2.21. The molecule has 0 aliphatic heterocycles. The second-order valence-electron chi connectivity index (χ2n) is 8.55. The lowest BCUT2D eigenvalue weighted by Gasteiger charge is -2.20. The molecule has 0 spiro atoms. The smallest absolute Gasteiger partial charge is 0.251 e. The lowest BCUT2D eigenvalue weighted by Crippen LogP contribution is -2.16. The summed E-state index contributed by atoms with van der Waals surface area (Å²) in [6.45, 7) is 0. The summed E-state index contributed by atoms with van der Waals surface area (Å²) in [6, 6.07) is 25.4. The van der Waals surface area contributed by atoms with Gasteiger partial charge in [-0.1, -0.05) is 36.3 Å². The van der Waals surface area contributed by atoms with Gasteiger partial charge in [0, 0.05) is 43.0 Å². The molecule has 0 amide bonds. The van der Waals surface area contributed by atoms with Crippen LogP contribution in [0.4, 0.5) is 0 Å². The molecule has 168 valence electrons. The Morgan fingerprint density at radius 1 is 0.943 bits per heavy atom. The molecule has 3 aromatic carbocycles. The van der Waals surface area contributed by atoms with Crippen LogP contribution in [0.1, 0.15) is 33.9 Å². The SMILES string of the molecule is C#Cc1cccc(-c2cc(=O)n(C)c3ccc([C@H](c4ccc(C#N)cc4)c4cncn4C)cc23)c1. The van der Waals surface area contributed by atoms with E-state index < -0.39 is 0 Å². The van der Waals surface area contributed by atoms with Crippen LogP contribution in [0.25, 0.3) is 22.0 Å². The average molecular weight is 455 g/mol. The van der Waals surface area contributed by atoms with Gasteiger partial charge < -0.3 is 9.13 Å². The highest BCUT2D eigenvalue weighted by Crippen LogP contribution is 2.36. The van der Waals surface area contributed by atoms with Crippen LogP contribution in [-0.4, -0.2) is 14.1 Å². The molecule has 0 saturated carbocycles.